The second kappa shape index (κ2) is 7.27. The Labute approximate surface area is 151 Å². The van der Waals surface area contributed by atoms with Crippen LogP contribution in [0.3, 0.4) is 0 Å². The molecule has 0 aliphatic carbocycles. The molecule has 134 valence electrons. The lowest BCUT2D eigenvalue weighted by atomic mass is 10.0. The monoisotopic (exact) mass is 350 g/mol. The first-order valence-corrected chi connectivity index (χ1v) is 8.83. The molecule has 2 atom stereocenters. The predicted octanol–water partition coefficient (Wildman–Crippen LogP) is 1.79. The number of amides is 1. The van der Waals surface area contributed by atoms with Crippen LogP contribution in [0, 0.1) is 5.92 Å². The van der Waals surface area contributed by atoms with Crippen molar-refractivity contribution in [1.82, 2.24) is 20.2 Å². The highest BCUT2D eigenvalue weighted by molar-refractivity contribution is 5.94. The maximum atomic E-state index is 12.4. The summed E-state index contributed by atoms with van der Waals surface area (Å²) >= 11 is 0. The van der Waals surface area contributed by atoms with E-state index in [0.29, 0.717) is 5.56 Å². The SMILES string of the molecule is O=C(N[C@@H]1CN(Cc2ccc3cc[nH]c3c2)C[C@H]1CO)c1cccnc1. The first-order chi connectivity index (χ1) is 12.7. The number of H-pyrrole nitrogens is 1. The van der Waals surface area contributed by atoms with E-state index in [9.17, 15) is 9.90 Å². The van der Waals surface area contributed by atoms with E-state index in [-0.39, 0.29) is 24.5 Å². The highest BCUT2D eigenvalue weighted by atomic mass is 16.3. The summed E-state index contributed by atoms with van der Waals surface area (Å²) in [6.45, 7) is 2.34. The highest BCUT2D eigenvalue weighted by Gasteiger charge is 2.33. The van der Waals surface area contributed by atoms with E-state index in [1.165, 1.54) is 10.9 Å². The number of aliphatic hydroxyl groups excluding tert-OH is 1. The van der Waals surface area contributed by atoms with Gasteiger partial charge in [-0.15, -0.1) is 0 Å². The molecule has 0 spiro atoms. The van der Waals surface area contributed by atoms with Gasteiger partial charge in [-0.05, 0) is 35.2 Å². The van der Waals surface area contributed by atoms with Crippen molar-refractivity contribution >= 4 is 16.8 Å². The second-order valence-electron chi connectivity index (χ2n) is 6.86. The average molecular weight is 350 g/mol. The number of nitrogens with one attached hydrogen (secondary N) is 2. The van der Waals surface area contributed by atoms with Crippen LogP contribution in [0.25, 0.3) is 10.9 Å². The maximum Gasteiger partial charge on any atom is 0.253 e. The number of pyridine rings is 1. The van der Waals surface area contributed by atoms with Crippen LogP contribution in [0.1, 0.15) is 15.9 Å². The van der Waals surface area contributed by atoms with Gasteiger partial charge in [-0.2, -0.15) is 0 Å². The van der Waals surface area contributed by atoms with Crippen LogP contribution in [0.4, 0.5) is 0 Å². The molecule has 0 saturated carbocycles. The summed E-state index contributed by atoms with van der Waals surface area (Å²) in [4.78, 5) is 21.9. The van der Waals surface area contributed by atoms with Crippen LogP contribution in [0.5, 0.6) is 0 Å². The number of hydrogen-bond donors (Lipinski definition) is 3. The van der Waals surface area contributed by atoms with Crippen molar-refractivity contribution in [3.63, 3.8) is 0 Å². The Kier molecular flexibility index (Phi) is 4.69. The fourth-order valence-electron chi connectivity index (χ4n) is 3.64. The van der Waals surface area contributed by atoms with Gasteiger partial charge in [-0.1, -0.05) is 12.1 Å². The lowest BCUT2D eigenvalue weighted by Crippen LogP contribution is -2.41. The fourth-order valence-corrected chi connectivity index (χ4v) is 3.64. The molecular weight excluding hydrogens is 328 g/mol. The summed E-state index contributed by atoms with van der Waals surface area (Å²) in [6.07, 6.45) is 5.14. The van der Waals surface area contributed by atoms with Crippen LogP contribution in [-0.4, -0.2) is 51.6 Å². The molecule has 6 heteroatoms. The number of fused-ring (bicyclic) bond motifs is 1. The predicted molar refractivity (Wildman–Crippen MR) is 99.6 cm³/mol. The van der Waals surface area contributed by atoms with Gasteiger partial charge in [0, 0.05) is 62.3 Å². The van der Waals surface area contributed by atoms with E-state index in [2.05, 4.69) is 44.5 Å². The number of hydrogen-bond acceptors (Lipinski definition) is 4. The van der Waals surface area contributed by atoms with E-state index >= 15 is 0 Å². The highest BCUT2D eigenvalue weighted by Crippen LogP contribution is 2.21. The van der Waals surface area contributed by atoms with Crippen LogP contribution >= 0.6 is 0 Å². The van der Waals surface area contributed by atoms with E-state index in [0.717, 1.165) is 25.2 Å². The number of aromatic amines is 1. The lowest BCUT2D eigenvalue weighted by Gasteiger charge is -2.18. The van der Waals surface area contributed by atoms with Crippen LogP contribution < -0.4 is 5.32 Å². The first kappa shape index (κ1) is 16.8. The number of benzene rings is 1. The Morgan fingerprint density at radius 2 is 2.23 bits per heavy atom. The lowest BCUT2D eigenvalue weighted by molar-refractivity contribution is 0.0920. The number of aliphatic hydroxyl groups is 1. The molecule has 1 fully saturated rings. The minimum Gasteiger partial charge on any atom is -0.396 e. The Morgan fingerprint density at radius 1 is 1.31 bits per heavy atom. The van der Waals surface area contributed by atoms with Gasteiger partial charge in [0.05, 0.1) is 5.56 Å². The number of likely N-dealkylation sites (tertiary alicyclic amines) is 1. The zero-order valence-corrected chi connectivity index (χ0v) is 14.4. The van der Waals surface area contributed by atoms with Gasteiger partial charge in [0.1, 0.15) is 0 Å². The largest absolute Gasteiger partial charge is 0.396 e. The average Bonchev–Trinajstić information content (AvgIpc) is 3.28. The molecule has 1 aromatic carbocycles. The Morgan fingerprint density at radius 3 is 3.04 bits per heavy atom. The van der Waals surface area contributed by atoms with Crippen LogP contribution in [0.2, 0.25) is 0 Å². The Bertz CT molecular complexity index is 893. The van der Waals surface area contributed by atoms with Crippen LogP contribution in [-0.2, 0) is 6.54 Å². The number of carbonyl (C=O) groups is 1. The number of nitrogens with zero attached hydrogens (tertiary/aromatic N) is 2. The summed E-state index contributed by atoms with van der Waals surface area (Å²) in [5.41, 5.74) is 2.89. The molecule has 26 heavy (non-hydrogen) atoms. The van der Waals surface area contributed by atoms with Gasteiger partial charge < -0.3 is 15.4 Å². The third-order valence-electron chi connectivity index (χ3n) is 5.02. The van der Waals surface area contributed by atoms with Gasteiger partial charge in [0.15, 0.2) is 0 Å². The van der Waals surface area contributed by atoms with Crippen molar-refractivity contribution < 1.29 is 9.90 Å². The van der Waals surface area contributed by atoms with Crippen molar-refractivity contribution in [1.29, 1.82) is 0 Å². The third kappa shape index (κ3) is 3.47. The van der Waals surface area contributed by atoms with Crippen LogP contribution in [0.15, 0.2) is 55.0 Å². The normalized spacial score (nSPS) is 20.5. The smallest absolute Gasteiger partial charge is 0.253 e. The Hall–Kier alpha value is -2.70. The molecule has 3 aromatic rings. The second-order valence-corrected chi connectivity index (χ2v) is 6.86. The Balaban J connectivity index is 1.42. The minimum atomic E-state index is -0.142. The van der Waals surface area contributed by atoms with Crippen molar-refractivity contribution in [2.24, 2.45) is 5.92 Å². The van der Waals surface area contributed by atoms with Gasteiger partial charge in [-0.25, -0.2) is 0 Å². The third-order valence-corrected chi connectivity index (χ3v) is 5.02. The number of carbonyl (C=O) groups excluding carboxylic acids is 1. The van der Waals surface area contributed by atoms with Gasteiger partial charge in [-0.3, -0.25) is 14.7 Å². The summed E-state index contributed by atoms with van der Waals surface area (Å²) < 4.78 is 0. The van der Waals surface area contributed by atoms with E-state index in [4.69, 9.17) is 0 Å². The van der Waals surface area contributed by atoms with Gasteiger partial charge >= 0.3 is 0 Å². The standard InChI is InChI=1S/C20H22N4O2/c25-13-17-11-24(10-14-3-4-15-5-7-22-18(15)8-14)12-19(17)23-20(26)16-2-1-6-21-9-16/h1-9,17,19,22,25H,10-13H2,(H,23,26)/t17-,19+/m0/s1. The molecule has 0 unspecified atom stereocenters. The first-order valence-electron chi connectivity index (χ1n) is 8.83. The van der Waals surface area contributed by atoms with Crippen molar-refractivity contribution in [3.8, 4) is 0 Å². The summed E-state index contributed by atoms with van der Waals surface area (Å²) in [7, 11) is 0. The molecule has 0 bridgehead atoms. The van der Waals surface area contributed by atoms with Crippen molar-refractivity contribution in [2.45, 2.75) is 12.6 Å². The molecule has 1 aliphatic rings. The summed E-state index contributed by atoms with van der Waals surface area (Å²) in [5, 5.41) is 14.0. The molecule has 6 nitrogen and oxygen atoms in total. The maximum absolute atomic E-state index is 12.4. The zero-order chi connectivity index (χ0) is 17.9. The fraction of sp³-hybridized carbons (Fsp3) is 0.300. The molecule has 3 N–H and O–H groups in total. The molecule has 1 saturated heterocycles. The van der Waals surface area contributed by atoms with Gasteiger partial charge in [0.25, 0.3) is 5.91 Å². The van der Waals surface area contributed by atoms with Crippen molar-refractivity contribution in [2.75, 3.05) is 19.7 Å². The summed E-state index contributed by atoms with van der Waals surface area (Å²) in [5.74, 6) is -0.110. The zero-order valence-electron chi connectivity index (χ0n) is 14.4. The number of rotatable bonds is 5. The van der Waals surface area contributed by atoms with Crippen molar-refractivity contribution in [3.05, 3.63) is 66.1 Å². The van der Waals surface area contributed by atoms with E-state index in [1.807, 2.05) is 6.20 Å². The molecule has 1 amide bonds. The molecule has 1 aliphatic heterocycles. The topological polar surface area (TPSA) is 81.2 Å². The van der Waals surface area contributed by atoms with E-state index < -0.39 is 0 Å². The molecular formula is C20H22N4O2. The molecule has 4 rings (SSSR count). The quantitative estimate of drug-likeness (QED) is 0.655. The van der Waals surface area contributed by atoms with E-state index in [1.54, 1.807) is 24.5 Å². The summed E-state index contributed by atoms with van der Waals surface area (Å²) in [6, 6.07) is 11.9. The molecule has 0 radical (unpaired) electrons. The minimum absolute atomic E-state index is 0.0323. The number of aromatic nitrogens is 2. The molecule has 3 heterocycles. The molecule has 2 aromatic heterocycles. The van der Waals surface area contributed by atoms with Gasteiger partial charge in [0.2, 0.25) is 0 Å².